The summed E-state index contributed by atoms with van der Waals surface area (Å²) in [4.78, 5) is 21.7. The van der Waals surface area contributed by atoms with Crippen LogP contribution in [0.15, 0.2) is 0 Å². The van der Waals surface area contributed by atoms with Crippen LogP contribution in [0.3, 0.4) is 0 Å². The molecule has 0 aromatic carbocycles. The maximum Gasteiger partial charge on any atom is 0.355 e. The standard InChI is InChI=1S/C16H28O6S/c1-2-3-4-5-6-7-8-9-10-11-12-21-23(19,20)14-13-15(17)22-16(14)18/h2-13H2,1H3,(H,19,20). The van der Waals surface area contributed by atoms with Crippen LogP contribution in [0.2, 0.25) is 0 Å². The molecular formula is C16H28O6S. The Morgan fingerprint density at radius 1 is 1.00 bits per heavy atom. The smallest absolute Gasteiger partial charge is 0.355 e. The molecule has 0 aromatic rings. The van der Waals surface area contributed by atoms with Crippen molar-refractivity contribution in [2.75, 3.05) is 6.61 Å². The fourth-order valence-electron chi connectivity index (χ4n) is 2.43. The van der Waals surface area contributed by atoms with Crippen LogP contribution >= 0.6 is 0 Å². The largest absolute Gasteiger partial charge is 0.389 e. The maximum atomic E-state index is 11.8. The van der Waals surface area contributed by atoms with Gasteiger partial charge in [-0.1, -0.05) is 64.7 Å². The Balaban J connectivity index is 2.09. The third-order valence-corrected chi connectivity index (χ3v) is 5.21. The number of cyclic esters (lactones) is 2. The highest BCUT2D eigenvalue weighted by Crippen LogP contribution is 2.12. The summed E-state index contributed by atoms with van der Waals surface area (Å²) in [5, 5.41) is 0. The van der Waals surface area contributed by atoms with E-state index in [-0.39, 0.29) is 6.61 Å². The van der Waals surface area contributed by atoms with Gasteiger partial charge in [0.1, 0.15) is 0 Å². The summed E-state index contributed by atoms with van der Waals surface area (Å²) in [6.45, 7) is 2.30. The number of carbonyl (C=O) groups is 2. The van der Waals surface area contributed by atoms with E-state index in [2.05, 4.69) is 11.7 Å². The molecule has 1 unspecified atom stereocenters. The maximum absolute atomic E-state index is 11.8. The van der Waals surface area contributed by atoms with E-state index in [1.807, 2.05) is 0 Å². The topological polar surface area (TPSA) is 89.9 Å². The SMILES string of the molecule is CCCCCCCCCCCCOS(=O)(O)=C1CC(=O)OC1=O. The van der Waals surface area contributed by atoms with Gasteiger partial charge in [0.15, 0.2) is 4.86 Å². The van der Waals surface area contributed by atoms with E-state index >= 15 is 0 Å². The Morgan fingerprint density at radius 2 is 1.52 bits per heavy atom. The lowest BCUT2D eigenvalue weighted by Gasteiger charge is -2.07. The molecule has 1 aliphatic heterocycles. The van der Waals surface area contributed by atoms with Gasteiger partial charge in [0.25, 0.3) is 0 Å². The average molecular weight is 348 g/mol. The van der Waals surface area contributed by atoms with Gasteiger partial charge in [-0.05, 0) is 6.42 Å². The average Bonchev–Trinajstić information content (AvgIpc) is 2.84. The van der Waals surface area contributed by atoms with E-state index in [1.165, 1.54) is 44.9 Å². The Morgan fingerprint density at radius 3 is 2.00 bits per heavy atom. The van der Waals surface area contributed by atoms with E-state index in [4.69, 9.17) is 4.18 Å². The van der Waals surface area contributed by atoms with Crippen LogP contribution in [0.25, 0.3) is 0 Å². The molecule has 0 aromatic heterocycles. The monoisotopic (exact) mass is 348 g/mol. The van der Waals surface area contributed by atoms with Gasteiger partial charge in [-0.15, -0.1) is 0 Å². The first-order valence-corrected chi connectivity index (χ1v) is 9.93. The molecule has 0 spiro atoms. The zero-order chi connectivity index (χ0) is 17.1. The summed E-state index contributed by atoms with van der Waals surface area (Å²) >= 11 is 0. The molecule has 0 bridgehead atoms. The summed E-state index contributed by atoms with van der Waals surface area (Å²) in [5.41, 5.74) is 0. The van der Waals surface area contributed by atoms with E-state index < -0.39 is 33.3 Å². The molecule has 0 radical (unpaired) electrons. The van der Waals surface area contributed by atoms with E-state index in [0.717, 1.165) is 12.8 Å². The molecule has 1 rings (SSSR count). The fraction of sp³-hybridized carbons (Fsp3) is 0.812. The van der Waals surface area contributed by atoms with E-state index in [1.54, 1.807) is 0 Å². The first-order chi connectivity index (χ1) is 11.0. The van der Waals surface area contributed by atoms with Gasteiger partial charge < -0.3 is 4.74 Å². The molecule has 1 aliphatic rings. The molecule has 0 amide bonds. The van der Waals surface area contributed by atoms with Crippen molar-refractivity contribution in [1.82, 2.24) is 0 Å². The number of hydrogen-bond acceptors (Lipinski definition) is 5. The number of carbonyl (C=O) groups excluding carboxylic acids is 2. The quantitative estimate of drug-likeness (QED) is 0.252. The van der Waals surface area contributed by atoms with Gasteiger partial charge in [-0.3, -0.25) is 13.5 Å². The van der Waals surface area contributed by atoms with Crippen molar-refractivity contribution < 1.29 is 27.3 Å². The van der Waals surface area contributed by atoms with Gasteiger partial charge in [-0.25, -0.2) is 9.00 Å². The predicted molar refractivity (Wildman–Crippen MR) is 89.3 cm³/mol. The number of esters is 2. The van der Waals surface area contributed by atoms with Crippen LogP contribution in [0.4, 0.5) is 0 Å². The second kappa shape index (κ2) is 10.8. The predicted octanol–water partition coefficient (Wildman–Crippen LogP) is 3.24. The van der Waals surface area contributed by atoms with Crippen molar-refractivity contribution >= 4 is 26.9 Å². The molecule has 1 heterocycles. The minimum Gasteiger partial charge on any atom is -0.389 e. The normalized spacial score (nSPS) is 17.4. The Bertz CT molecular complexity index is 505. The van der Waals surface area contributed by atoms with Crippen molar-refractivity contribution in [2.24, 2.45) is 0 Å². The second-order valence-corrected chi connectivity index (χ2v) is 7.52. The summed E-state index contributed by atoms with van der Waals surface area (Å²) in [6, 6.07) is 0. The minimum absolute atomic E-state index is 0.0941. The molecule has 0 saturated carbocycles. The molecular weight excluding hydrogens is 320 g/mol. The molecule has 134 valence electrons. The molecule has 0 aliphatic carbocycles. The van der Waals surface area contributed by atoms with E-state index in [0.29, 0.717) is 6.42 Å². The van der Waals surface area contributed by atoms with Gasteiger partial charge >= 0.3 is 11.9 Å². The van der Waals surface area contributed by atoms with Gasteiger partial charge in [-0.2, -0.15) is 0 Å². The first-order valence-electron chi connectivity index (χ1n) is 8.49. The Kier molecular flexibility index (Phi) is 9.43. The summed E-state index contributed by atoms with van der Waals surface area (Å²) < 4.78 is 30.6. The number of rotatable bonds is 12. The molecule has 1 saturated heterocycles. The van der Waals surface area contributed by atoms with Crippen LogP contribution in [0, 0.1) is 0 Å². The van der Waals surface area contributed by atoms with Crippen LogP contribution in [0.5, 0.6) is 0 Å². The van der Waals surface area contributed by atoms with Gasteiger partial charge in [0, 0.05) is 0 Å². The molecule has 6 nitrogen and oxygen atoms in total. The fourth-order valence-corrected chi connectivity index (χ4v) is 3.47. The lowest BCUT2D eigenvalue weighted by Crippen LogP contribution is -2.21. The number of unbranched alkanes of at least 4 members (excludes halogenated alkanes) is 9. The molecule has 1 N–H and O–H groups in total. The second-order valence-electron chi connectivity index (χ2n) is 5.84. The Hall–Kier alpha value is -0.920. The van der Waals surface area contributed by atoms with Crippen LogP contribution in [-0.2, 0) is 28.6 Å². The molecule has 7 heteroatoms. The highest BCUT2D eigenvalue weighted by molar-refractivity contribution is 7.94. The van der Waals surface area contributed by atoms with Crippen LogP contribution in [-0.4, -0.2) is 32.2 Å². The van der Waals surface area contributed by atoms with Crippen molar-refractivity contribution in [1.29, 1.82) is 0 Å². The third kappa shape index (κ3) is 7.94. The summed E-state index contributed by atoms with van der Waals surface area (Å²) in [6.07, 6.45) is 11.0. The highest BCUT2D eigenvalue weighted by Gasteiger charge is 2.34. The number of hydrogen-bond donors (Lipinski definition) is 1. The molecule has 1 fully saturated rings. The van der Waals surface area contributed by atoms with Crippen molar-refractivity contribution in [3.8, 4) is 0 Å². The Labute approximate surface area is 139 Å². The van der Waals surface area contributed by atoms with Crippen molar-refractivity contribution in [2.45, 2.75) is 77.6 Å². The van der Waals surface area contributed by atoms with Crippen molar-refractivity contribution in [3.63, 3.8) is 0 Å². The summed E-state index contributed by atoms with van der Waals surface area (Å²) in [5.74, 6) is -1.86. The van der Waals surface area contributed by atoms with Crippen LogP contribution < -0.4 is 0 Å². The lowest BCUT2D eigenvalue weighted by molar-refractivity contribution is -0.150. The van der Waals surface area contributed by atoms with Crippen LogP contribution in [0.1, 0.15) is 77.6 Å². The highest BCUT2D eigenvalue weighted by atomic mass is 32.2. The zero-order valence-electron chi connectivity index (χ0n) is 13.9. The number of ether oxygens (including phenoxy) is 1. The van der Waals surface area contributed by atoms with Crippen molar-refractivity contribution in [3.05, 3.63) is 0 Å². The van der Waals surface area contributed by atoms with Gasteiger partial charge in [0.2, 0.25) is 10.1 Å². The molecule has 23 heavy (non-hydrogen) atoms. The first kappa shape index (κ1) is 20.1. The van der Waals surface area contributed by atoms with Gasteiger partial charge in [0.05, 0.1) is 13.0 Å². The minimum atomic E-state index is -3.88. The lowest BCUT2D eigenvalue weighted by atomic mass is 10.1. The van der Waals surface area contributed by atoms with E-state index in [9.17, 15) is 18.4 Å². The third-order valence-electron chi connectivity index (χ3n) is 3.79. The summed E-state index contributed by atoms with van der Waals surface area (Å²) in [7, 11) is -3.88. The zero-order valence-corrected chi connectivity index (χ0v) is 14.7. The molecule has 1 atom stereocenters.